The van der Waals surface area contributed by atoms with E-state index in [1.807, 2.05) is 0 Å². The third kappa shape index (κ3) is 2.74. The monoisotopic (exact) mass is 315 g/mol. The summed E-state index contributed by atoms with van der Waals surface area (Å²) in [5.74, 6) is -1.25. The molecule has 108 valence electrons. The molecule has 0 aliphatic heterocycles. The van der Waals surface area contributed by atoms with Crippen LogP contribution >= 0.6 is 11.3 Å². The van der Waals surface area contributed by atoms with E-state index in [2.05, 4.69) is 14.9 Å². The largest absolute Gasteiger partial charge is 0.477 e. The molecule has 0 aliphatic carbocycles. The van der Waals surface area contributed by atoms with Crippen molar-refractivity contribution in [3.63, 3.8) is 0 Å². The van der Waals surface area contributed by atoms with E-state index in [1.165, 1.54) is 11.6 Å². The lowest BCUT2D eigenvalue weighted by Crippen LogP contribution is -2.28. The van der Waals surface area contributed by atoms with E-state index in [1.54, 1.807) is 20.0 Å². The van der Waals surface area contributed by atoms with Gasteiger partial charge in [-0.2, -0.15) is 5.10 Å². The Balaban J connectivity index is 2.36. The van der Waals surface area contributed by atoms with Gasteiger partial charge in [0.2, 0.25) is 10.0 Å². The Morgan fingerprint density at radius 2 is 2.25 bits per heavy atom. The van der Waals surface area contributed by atoms with Gasteiger partial charge in [-0.15, -0.1) is 11.3 Å². The van der Waals surface area contributed by atoms with Crippen LogP contribution in [0, 0.1) is 6.92 Å². The van der Waals surface area contributed by atoms with Crippen LogP contribution in [0.1, 0.15) is 33.8 Å². The van der Waals surface area contributed by atoms with Crippen molar-refractivity contribution in [2.45, 2.75) is 24.8 Å². The van der Waals surface area contributed by atoms with Crippen LogP contribution in [0.15, 0.2) is 22.7 Å². The zero-order valence-electron chi connectivity index (χ0n) is 10.7. The van der Waals surface area contributed by atoms with Crippen molar-refractivity contribution in [1.29, 1.82) is 0 Å². The molecule has 0 aromatic carbocycles. The number of carboxylic acids is 1. The molecule has 0 radical (unpaired) electrons. The molecule has 9 heteroatoms. The number of nitrogens with zero attached hydrogens (tertiary/aromatic N) is 1. The molecule has 2 rings (SSSR count). The number of nitrogens with one attached hydrogen (secondary N) is 2. The molecule has 0 aliphatic rings. The molecule has 2 aromatic rings. The molecule has 1 unspecified atom stereocenters. The molecular weight excluding hydrogens is 302 g/mol. The number of carbonyl (C=O) groups is 1. The minimum Gasteiger partial charge on any atom is -0.477 e. The number of aromatic nitrogens is 2. The number of hydrogen-bond acceptors (Lipinski definition) is 5. The first-order chi connectivity index (χ1) is 9.33. The highest BCUT2D eigenvalue weighted by molar-refractivity contribution is 7.89. The lowest BCUT2D eigenvalue weighted by molar-refractivity contribution is 0.0698. The van der Waals surface area contributed by atoms with Crippen molar-refractivity contribution < 1.29 is 18.3 Å². The fraction of sp³-hybridized carbons (Fsp3) is 0.273. The Bertz CT molecular complexity index is 719. The smallest absolute Gasteiger partial charge is 0.347 e. The lowest BCUT2D eigenvalue weighted by atomic mass is 10.2. The summed E-state index contributed by atoms with van der Waals surface area (Å²) in [6.45, 7) is 3.23. The Morgan fingerprint density at radius 3 is 2.80 bits per heavy atom. The number of hydrogen-bond donors (Lipinski definition) is 3. The maximum Gasteiger partial charge on any atom is 0.347 e. The second-order valence-corrected chi connectivity index (χ2v) is 6.79. The molecule has 0 amide bonds. The van der Waals surface area contributed by atoms with Crippen LogP contribution < -0.4 is 4.72 Å². The first kappa shape index (κ1) is 14.7. The predicted molar refractivity (Wildman–Crippen MR) is 73.3 cm³/mol. The van der Waals surface area contributed by atoms with E-state index in [4.69, 9.17) is 5.11 Å². The lowest BCUT2D eigenvalue weighted by Gasteiger charge is -2.13. The van der Waals surface area contributed by atoms with E-state index in [0.29, 0.717) is 11.1 Å². The third-order valence-electron chi connectivity index (χ3n) is 2.73. The van der Waals surface area contributed by atoms with Crippen LogP contribution in [0.5, 0.6) is 0 Å². The van der Waals surface area contributed by atoms with Gasteiger partial charge in [-0.05, 0) is 24.8 Å². The number of aryl methyl sites for hydroxylation is 1. The summed E-state index contributed by atoms with van der Waals surface area (Å²) < 4.78 is 27.1. The summed E-state index contributed by atoms with van der Waals surface area (Å²) in [4.78, 5) is 10.7. The SMILES string of the molecule is Cc1csc(C(=O)O)c1S(=O)(=O)NC(C)c1cn[nH]c1. The average molecular weight is 315 g/mol. The molecule has 2 heterocycles. The van der Waals surface area contributed by atoms with Crippen LogP contribution in [0.25, 0.3) is 0 Å². The standard InChI is InChI=1S/C11H13N3O4S2/c1-6-5-19-9(11(15)16)10(6)20(17,18)14-7(2)8-3-12-13-4-8/h3-5,7,14H,1-2H3,(H,12,13)(H,15,16). The summed E-state index contributed by atoms with van der Waals surface area (Å²) >= 11 is 0.898. The number of thiophene rings is 1. The van der Waals surface area contributed by atoms with Crippen molar-refractivity contribution in [2.75, 3.05) is 0 Å². The Morgan fingerprint density at radius 1 is 1.55 bits per heavy atom. The van der Waals surface area contributed by atoms with Crippen molar-refractivity contribution in [1.82, 2.24) is 14.9 Å². The van der Waals surface area contributed by atoms with E-state index < -0.39 is 22.0 Å². The highest BCUT2D eigenvalue weighted by Crippen LogP contribution is 2.28. The Hall–Kier alpha value is -1.71. The highest BCUT2D eigenvalue weighted by Gasteiger charge is 2.28. The summed E-state index contributed by atoms with van der Waals surface area (Å²) in [6, 6.07) is -0.514. The number of H-pyrrole nitrogens is 1. The van der Waals surface area contributed by atoms with E-state index in [0.717, 1.165) is 11.3 Å². The number of sulfonamides is 1. The van der Waals surface area contributed by atoms with Gasteiger partial charge in [0.05, 0.1) is 6.20 Å². The minimum absolute atomic E-state index is 0.176. The zero-order chi connectivity index (χ0) is 14.9. The van der Waals surface area contributed by atoms with Crippen molar-refractivity contribution >= 4 is 27.3 Å². The van der Waals surface area contributed by atoms with Crippen LogP contribution in [-0.2, 0) is 10.0 Å². The fourth-order valence-electron chi connectivity index (χ4n) is 1.77. The highest BCUT2D eigenvalue weighted by atomic mass is 32.2. The fourth-order valence-corrected chi connectivity index (χ4v) is 4.64. The summed E-state index contributed by atoms with van der Waals surface area (Å²) in [5, 5.41) is 16.9. The van der Waals surface area contributed by atoms with Gasteiger partial charge in [0, 0.05) is 17.8 Å². The Labute approximate surface area is 119 Å². The van der Waals surface area contributed by atoms with Gasteiger partial charge in [-0.1, -0.05) is 0 Å². The Kier molecular flexibility index (Phi) is 3.93. The van der Waals surface area contributed by atoms with Crippen LogP contribution in [0.3, 0.4) is 0 Å². The van der Waals surface area contributed by atoms with E-state index in [-0.39, 0.29) is 9.77 Å². The topological polar surface area (TPSA) is 112 Å². The average Bonchev–Trinajstić information content (AvgIpc) is 2.96. The second-order valence-electron chi connectivity index (χ2n) is 4.26. The van der Waals surface area contributed by atoms with Gasteiger partial charge in [-0.25, -0.2) is 17.9 Å². The maximum absolute atomic E-state index is 12.3. The molecule has 0 spiro atoms. The number of aromatic carboxylic acids is 1. The van der Waals surface area contributed by atoms with Gasteiger partial charge >= 0.3 is 5.97 Å². The molecule has 0 saturated carbocycles. The predicted octanol–water partition coefficient (Wildman–Crippen LogP) is 1.52. The van der Waals surface area contributed by atoms with Gasteiger partial charge in [0.25, 0.3) is 0 Å². The molecular formula is C11H13N3O4S2. The van der Waals surface area contributed by atoms with Gasteiger partial charge < -0.3 is 5.11 Å². The molecule has 3 N–H and O–H groups in total. The van der Waals surface area contributed by atoms with Gasteiger partial charge in [0.15, 0.2) is 0 Å². The van der Waals surface area contributed by atoms with Crippen molar-refractivity contribution in [3.05, 3.63) is 33.8 Å². The van der Waals surface area contributed by atoms with Gasteiger partial charge in [-0.3, -0.25) is 5.10 Å². The molecule has 0 bridgehead atoms. The van der Waals surface area contributed by atoms with E-state index >= 15 is 0 Å². The molecule has 0 saturated heterocycles. The summed E-state index contributed by atoms with van der Waals surface area (Å²) in [7, 11) is -3.91. The minimum atomic E-state index is -3.91. The molecule has 1 atom stereocenters. The van der Waals surface area contributed by atoms with E-state index in [9.17, 15) is 13.2 Å². The maximum atomic E-state index is 12.3. The van der Waals surface area contributed by atoms with Crippen LogP contribution in [0.2, 0.25) is 0 Å². The molecule has 2 aromatic heterocycles. The van der Waals surface area contributed by atoms with Crippen molar-refractivity contribution in [2.24, 2.45) is 0 Å². The first-order valence-corrected chi connectivity index (χ1v) is 8.01. The van der Waals surface area contributed by atoms with Crippen LogP contribution in [-0.4, -0.2) is 29.7 Å². The molecule has 20 heavy (non-hydrogen) atoms. The van der Waals surface area contributed by atoms with Crippen molar-refractivity contribution in [3.8, 4) is 0 Å². The summed E-state index contributed by atoms with van der Waals surface area (Å²) in [6.07, 6.45) is 3.08. The normalized spacial score (nSPS) is 13.3. The van der Waals surface area contributed by atoms with Crippen LogP contribution in [0.4, 0.5) is 0 Å². The number of aromatic amines is 1. The first-order valence-electron chi connectivity index (χ1n) is 5.65. The second kappa shape index (κ2) is 5.35. The number of carboxylic acid groups (broad SMARTS) is 1. The quantitative estimate of drug-likeness (QED) is 0.774. The molecule has 0 fully saturated rings. The van der Waals surface area contributed by atoms with Gasteiger partial charge in [0.1, 0.15) is 9.77 Å². The zero-order valence-corrected chi connectivity index (χ0v) is 12.4. The third-order valence-corrected chi connectivity index (χ3v) is 5.67. The summed E-state index contributed by atoms with van der Waals surface area (Å²) in [5.41, 5.74) is 1.08. The molecule has 7 nitrogen and oxygen atoms in total. The number of rotatable bonds is 5.